The van der Waals surface area contributed by atoms with E-state index in [4.69, 9.17) is 0 Å². The molecule has 0 fully saturated rings. The minimum Gasteiger partial charge on any atom is -0.502 e. The van der Waals surface area contributed by atoms with Gasteiger partial charge in [-0.2, -0.15) is 0 Å². The molecular weight excluding hydrogens is 496 g/mol. The molecule has 3 aliphatic heterocycles. The molecule has 3 aliphatic rings. The molecule has 0 radical (unpaired) electrons. The van der Waals surface area contributed by atoms with E-state index in [1.54, 1.807) is 22.7 Å². The van der Waals surface area contributed by atoms with Gasteiger partial charge in [0.2, 0.25) is 5.43 Å². The Morgan fingerprint density at radius 3 is 2.65 bits per heavy atom. The predicted octanol–water partition coefficient (Wildman–Crippen LogP) is 5.08. The fourth-order valence-electron chi connectivity index (χ4n) is 5.95. The van der Waals surface area contributed by atoms with Crippen molar-refractivity contribution in [3.8, 4) is 5.75 Å². The van der Waals surface area contributed by atoms with Crippen molar-refractivity contribution < 1.29 is 18.7 Å². The monoisotopic (exact) mass is 523 g/mol. The van der Waals surface area contributed by atoms with Crippen molar-refractivity contribution in [3.63, 3.8) is 0 Å². The summed E-state index contributed by atoms with van der Waals surface area (Å²) in [5.41, 5.74) is 2.23. The van der Waals surface area contributed by atoms with E-state index >= 15 is 4.39 Å². The number of fused-ring (bicyclic) bond motifs is 6. The Kier molecular flexibility index (Phi) is 5.98. The van der Waals surface area contributed by atoms with Gasteiger partial charge in [0.1, 0.15) is 6.17 Å². The number of hydrogen-bond donors (Lipinski definition) is 1. The zero-order valence-electron chi connectivity index (χ0n) is 20.4. The second-order valence-corrected chi connectivity index (χ2v) is 10.9. The highest BCUT2D eigenvalue weighted by atomic mass is 32.2. The molecule has 1 N–H and O–H groups in total. The minimum absolute atomic E-state index is 0.128. The Labute approximate surface area is 217 Å². The number of hydrogen-bond acceptors (Lipinski definition) is 5. The van der Waals surface area contributed by atoms with Gasteiger partial charge < -0.3 is 10.0 Å². The molecule has 3 aromatic rings. The number of amides is 1. The van der Waals surface area contributed by atoms with Crippen LogP contribution in [0.4, 0.5) is 8.78 Å². The first kappa shape index (κ1) is 24.0. The van der Waals surface area contributed by atoms with Crippen LogP contribution < -0.4 is 10.4 Å². The third-order valence-corrected chi connectivity index (χ3v) is 9.03. The number of aromatic nitrogens is 1. The third kappa shape index (κ3) is 3.74. The topological polar surface area (TPSA) is 65.8 Å². The van der Waals surface area contributed by atoms with Gasteiger partial charge in [0.05, 0.1) is 6.04 Å². The van der Waals surface area contributed by atoms with Crippen molar-refractivity contribution in [2.45, 2.75) is 61.4 Å². The second-order valence-electron chi connectivity index (χ2n) is 9.91. The summed E-state index contributed by atoms with van der Waals surface area (Å²) in [5, 5.41) is 12.7. The number of thioether (sulfide) groups is 1. The summed E-state index contributed by atoms with van der Waals surface area (Å²) in [7, 11) is 1.67. The Balaban J connectivity index is 1.70. The number of rotatable bonds is 0. The molecule has 2 aromatic carbocycles. The van der Waals surface area contributed by atoms with Crippen molar-refractivity contribution >= 4 is 17.7 Å². The molecule has 6 nitrogen and oxygen atoms in total. The lowest BCUT2D eigenvalue weighted by Gasteiger charge is -2.49. The highest BCUT2D eigenvalue weighted by Gasteiger charge is 2.43. The zero-order valence-corrected chi connectivity index (χ0v) is 21.2. The standard InChI is InChI=1S/C28H27F2N3O3S/c1-31-22-10-5-3-2-4-7-16-8-6-9-18-24(17-11-12-20(29)23(30)19(17)15-37-27(16)18)33(22)32-14-13-21(34)26(35)25(32)28(31)36/h6,8-9,11-14,22,24,35H,2-5,7,10,15H2,1H3. The van der Waals surface area contributed by atoms with Crippen molar-refractivity contribution in [1.29, 1.82) is 0 Å². The number of pyridine rings is 1. The van der Waals surface area contributed by atoms with Gasteiger partial charge in [-0.25, -0.2) is 8.78 Å². The normalized spacial score (nSPS) is 21.2. The van der Waals surface area contributed by atoms with Crippen LogP contribution in [0.3, 0.4) is 0 Å². The van der Waals surface area contributed by atoms with E-state index in [9.17, 15) is 19.1 Å². The number of halogens is 2. The van der Waals surface area contributed by atoms with Gasteiger partial charge in [0.25, 0.3) is 5.91 Å². The van der Waals surface area contributed by atoms with E-state index in [1.165, 1.54) is 29.6 Å². The highest BCUT2D eigenvalue weighted by Crippen LogP contribution is 2.47. The maximum atomic E-state index is 15.3. The van der Waals surface area contributed by atoms with E-state index in [1.807, 2.05) is 17.1 Å². The lowest BCUT2D eigenvalue weighted by Crippen LogP contribution is -2.61. The summed E-state index contributed by atoms with van der Waals surface area (Å²) < 4.78 is 31.3. The number of benzene rings is 2. The van der Waals surface area contributed by atoms with E-state index in [-0.39, 0.29) is 17.0 Å². The van der Waals surface area contributed by atoms with E-state index < -0.39 is 40.9 Å². The van der Waals surface area contributed by atoms with E-state index in [0.717, 1.165) is 48.6 Å². The summed E-state index contributed by atoms with van der Waals surface area (Å²) in [5.74, 6) is -2.56. The van der Waals surface area contributed by atoms with Crippen LogP contribution in [0.5, 0.6) is 5.75 Å². The van der Waals surface area contributed by atoms with E-state index in [2.05, 4.69) is 6.07 Å². The molecule has 1 aromatic heterocycles. The van der Waals surface area contributed by atoms with Crippen LogP contribution in [-0.2, 0) is 12.2 Å². The number of aromatic hydroxyl groups is 1. The van der Waals surface area contributed by atoms with Crippen molar-refractivity contribution in [3.05, 3.63) is 92.4 Å². The maximum Gasteiger partial charge on any atom is 0.277 e. The van der Waals surface area contributed by atoms with Crippen LogP contribution >= 0.6 is 11.8 Å². The molecule has 192 valence electrons. The van der Waals surface area contributed by atoms with E-state index in [0.29, 0.717) is 12.0 Å². The van der Waals surface area contributed by atoms with Crippen LogP contribution in [0.1, 0.15) is 70.9 Å². The Bertz CT molecular complexity index is 1470. The molecular formula is C28H27F2N3O3S. The number of carbonyl (C=O) groups is 1. The van der Waals surface area contributed by atoms with Crippen molar-refractivity contribution in [2.75, 3.05) is 12.1 Å². The summed E-state index contributed by atoms with van der Waals surface area (Å²) in [6.45, 7) is 0. The van der Waals surface area contributed by atoms with Crippen LogP contribution in [0.2, 0.25) is 0 Å². The first-order valence-electron chi connectivity index (χ1n) is 12.6. The predicted molar refractivity (Wildman–Crippen MR) is 137 cm³/mol. The molecule has 4 heterocycles. The lowest BCUT2D eigenvalue weighted by molar-refractivity contribution is 0.0601. The molecule has 2 atom stereocenters. The molecule has 37 heavy (non-hydrogen) atoms. The van der Waals surface area contributed by atoms with Gasteiger partial charge in [0, 0.05) is 35.5 Å². The summed E-state index contributed by atoms with van der Waals surface area (Å²) in [6.07, 6.45) is 6.54. The maximum absolute atomic E-state index is 15.3. The van der Waals surface area contributed by atoms with Crippen LogP contribution in [0, 0.1) is 11.6 Å². The van der Waals surface area contributed by atoms with Crippen molar-refractivity contribution in [2.24, 2.45) is 0 Å². The third-order valence-electron chi connectivity index (χ3n) is 7.81. The molecule has 0 saturated heterocycles. The smallest absolute Gasteiger partial charge is 0.277 e. The minimum atomic E-state index is -0.897. The Morgan fingerprint density at radius 2 is 1.81 bits per heavy atom. The van der Waals surface area contributed by atoms with Gasteiger partial charge in [0.15, 0.2) is 23.1 Å². The molecule has 0 saturated carbocycles. The Morgan fingerprint density at radius 1 is 1.00 bits per heavy atom. The SMILES string of the molecule is CN1C(=O)c2c(O)c(=O)ccn2N2C3c4ccc(F)c(F)c4CSc4c(cccc43)CCCCCCC12. The fraction of sp³-hybridized carbons (Fsp3) is 0.357. The van der Waals surface area contributed by atoms with Crippen molar-refractivity contribution in [1.82, 2.24) is 9.58 Å². The summed E-state index contributed by atoms with van der Waals surface area (Å²) >= 11 is 1.51. The van der Waals surface area contributed by atoms with Crippen LogP contribution in [-0.4, -0.2) is 33.8 Å². The number of aryl methyl sites for hydroxylation is 1. The molecule has 9 heteroatoms. The summed E-state index contributed by atoms with van der Waals surface area (Å²) in [4.78, 5) is 28.4. The van der Waals surface area contributed by atoms with Gasteiger partial charge in [-0.05, 0) is 48.4 Å². The molecule has 0 aliphatic carbocycles. The fourth-order valence-corrected chi connectivity index (χ4v) is 7.23. The zero-order chi connectivity index (χ0) is 25.8. The van der Waals surface area contributed by atoms with Gasteiger partial charge in [-0.3, -0.25) is 19.3 Å². The van der Waals surface area contributed by atoms with Crippen LogP contribution in [0.25, 0.3) is 0 Å². The molecule has 0 spiro atoms. The molecule has 1 amide bonds. The summed E-state index contributed by atoms with van der Waals surface area (Å²) in [6, 6.07) is 9.53. The molecule has 4 bridgehead atoms. The van der Waals surface area contributed by atoms with Gasteiger partial charge in [-0.15, -0.1) is 11.8 Å². The number of carbonyl (C=O) groups excluding carboxylic acids is 1. The van der Waals surface area contributed by atoms with Crippen LogP contribution in [0.15, 0.2) is 52.3 Å². The van der Waals surface area contributed by atoms with Gasteiger partial charge in [-0.1, -0.05) is 37.1 Å². The highest BCUT2D eigenvalue weighted by molar-refractivity contribution is 7.98. The number of nitrogens with zero attached hydrogens (tertiary/aromatic N) is 3. The average Bonchev–Trinajstić information content (AvgIpc) is 3.05. The first-order valence-corrected chi connectivity index (χ1v) is 13.6. The molecule has 2 unspecified atom stereocenters. The Hall–Kier alpha value is -3.33. The second kappa shape index (κ2) is 9.20. The quantitative estimate of drug-likeness (QED) is 0.445. The molecule has 6 rings (SSSR count). The lowest BCUT2D eigenvalue weighted by atomic mass is 9.90. The average molecular weight is 524 g/mol. The first-order chi connectivity index (χ1) is 17.9. The van der Waals surface area contributed by atoms with Gasteiger partial charge >= 0.3 is 0 Å². The largest absolute Gasteiger partial charge is 0.502 e.